The number of anilines is 1. The Bertz CT molecular complexity index is 1210. The molecule has 0 bridgehead atoms. The van der Waals surface area contributed by atoms with Crippen LogP contribution in [0.3, 0.4) is 0 Å². The van der Waals surface area contributed by atoms with Gasteiger partial charge in [0.05, 0.1) is 5.69 Å². The average molecular weight is 519 g/mol. The highest BCUT2D eigenvalue weighted by Crippen LogP contribution is 2.28. The molecule has 3 rings (SSSR count). The Balaban J connectivity index is 0.000000255. The smallest absolute Gasteiger partial charge is 0.427 e. The number of hydrogen-bond donors (Lipinski definition) is 1. The molecule has 0 aliphatic carbocycles. The number of tetrazole rings is 1. The maximum absolute atomic E-state index is 12.6. The van der Waals surface area contributed by atoms with E-state index in [4.69, 9.17) is 4.74 Å². The molecule has 1 N–H and O–H groups in total. The molecule has 1 aromatic heterocycles. The summed E-state index contributed by atoms with van der Waals surface area (Å²) >= 11 is 0. The summed E-state index contributed by atoms with van der Waals surface area (Å²) in [5.41, 5.74) is 0.0662. The van der Waals surface area contributed by atoms with Gasteiger partial charge < -0.3 is 14.8 Å². The summed E-state index contributed by atoms with van der Waals surface area (Å²) in [6.45, 7) is 2.41. The minimum atomic E-state index is -4.94. The van der Waals surface area contributed by atoms with E-state index in [1.807, 2.05) is 0 Å². The molecule has 16 heteroatoms. The maximum Gasteiger partial charge on any atom is 0.471 e. The van der Waals surface area contributed by atoms with Crippen molar-refractivity contribution in [2.75, 3.05) is 5.32 Å². The standard InChI is InChI=1S/C10H7F3N4O2.C10H8F3NO3/c1-6(18)19-8-4-2-7(3-5-8)17-9(10(11,12)13)14-15-16-17;1-6(15)17-8-4-2-7(3-5-8)14-9(16)10(11,12)13/h2-5H,1H3;2-5H,1H3,(H,14,16). The van der Waals surface area contributed by atoms with E-state index in [1.165, 1.54) is 62.4 Å². The summed E-state index contributed by atoms with van der Waals surface area (Å²) in [6, 6.07) is 10.2. The first-order chi connectivity index (χ1) is 16.7. The number of ether oxygens (including phenoxy) is 2. The number of carbonyl (C=O) groups is 3. The van der Waals surface area contributed by atoms with E-state index < -0.39 is 36.0 Å². The van der Waals surface area contributed by atoms with E-state index in [-0.39, 0.29) is 22.9 Å². The molecule has 0 unspecified atom stereocenters. The van der Waals surface area contributed by atoms with Crippen LogP contribution in [-0.4, -0.2) is 44.2 Å². The molecule has 0 aliphatic rings. The summed E-state index contributed by atoms with van der Waals surface area (Å²) < 4.78 is 83.5. The zero-order valence-electron chi connectivity index (χ0n) is 18.2. The van der Waals surface area contributed by atoms with Gasteiger partial charge in [-0.2, -0.15) is 31.0 Å². The number of aromatic nitrogens is 4. The van der Waals surface area contributed by atoms with Crippen molar-refractivity contribution in [2.24, 2.45) is 0 Å². The Morgan fingerprint density at radius 1 is 0.806 bits per heavy atom. The predicted octanol–water partition coefficient (Wildman–Crippen LogP) is 3.72. The van der Waals surface area contributed by atoms with Crippen molar-refractivity contribution >= 4 is 23.5 Å². The third-order valence-corrected chi connectivity index (χ3v) is 3.70. The second-order valence-electron chi connectivity index (χ2n) is 6.57. The molecular weight excluding hydrogens is 504 g/mol. The molecule has 0 saturated heterocycles. The zero-order chi connectivity index (χ0) is 27.1. The Kier molecular flexibility index (Phi) is 8.70. The zero-order valence-corrected chi connectivity index (χ0v) is 18.2. The second-order valence-corrected chi connectivity index (χ2v) is 6.57. The van der Waals surface area contributed by atoms with E-state index in [2.05, 4.69) is 20.3 Å². The number of amides is 1. The van der Waals surface area contributed by atoms with Gasteiger partial charge in [0, 0.05) is 19.5 Å². The topological polar surface area (TPSA) is 125 Å². The highest BCUT2D eigenvalue weighted by molar-refractivity contribution is 5.94. The van der Waals surface area contributed by atoms with Crippen LogP contribution in [0.15, 0.2) is 48.5 Å². The fourth-order valence-corrected chi connectivity index (χ4v) is 2.33. The predicted molar refractivity (Wildman–Crippen MR) is 108 cm³/mol. The van der Waals surface area contributed by atoms with Gasteiger partial charge in [-0.1, -0.05) is 0 Å². The quantitative estimate of drug-likeness (QED) is 0.314. The van der Waals surface area contributed by atoms with E-state index in [9.17, 15) is 40.7 Å². The van der Waals surface area contributed by atoms with Gasteiger partial charge >= 0.3 is 30.2 Å². The van der Waals surface area contributed by atoms with Gasteiger partial charge in [-0.3, -0.25) is 14.4 Å². The molecule has 2 aromatic carbocycles. The van der Waals surface area contributed by atoms with Crippen molar-refractivity contribution in [2.45, 2.75) is 26.2 Å². The van der Waals surface area contributed by atoms with E-state index in [0.29, 0.717) is 4.68 Å². The van der Waals surface area contributed by atoms with Gasteiger partial charge in [-0.15, -0.1) is 5.10 Å². The summed E-state index contributed by atoms with van der Waals surface area (Å²) in [4.78, 5) is 31.8. The molecule has 0 atom stereocenters. The molecule has 0 spiro atoms. The van der Waals surface area contributed by atoms with Gasteiger partial charge in [0.2, 0.25) is 0 Å². The summed E-state index contributed by atoms with van der Waals surface area (Å²) in [5, 5.41) is 10.8. The number of alkyl halides is 6. The summed E-state index contributed by atoms with van der Waals surface area (Å²) in [6.07, 6.45) is -9.59. The molecule has 1 amide bonds. The first-order valence-corrected chi connectivity index (χ1v) is 9.48. The van der Waals surface area contributed by atoms with Crippen molar-refractivity contribution in [3.8, 4) is 17.2 Å². The van der Waals surface area contributed by atoms with E-state index in [0.717, 1.165) is 0 Å². The molecule has 10 nitrogen and oxygen atoms in total. The van der Waals surface area contributed by atoms with Gasteiger partial charge in [-0.05, 0) is 59.0 Å². The second kappa shape index (κ2) is 11.3. The van der Waals surface area contributed by atoms with Crippen LogP contribution in [0.2, 0.25) is 0 Å². The minimum absolute atomic E-state index is 0.0387. The molecule has 0 aliphatic heterocycles. The number of esters is 2. The van der Waals surface area contributed by atoms with Crippen molar-refractivity contribution in [3.63, 3.8) is 0 Å². The highest BCUT2D eigenvalue weighted by Gasteiger charge is 2.39. The van der Waals surface area contributed by atoms with Crippen LogP contribution in [0.25, 0.3) is 5.69 Å². The normalized spacial score (nSPS) is 11.1. The number of halogens is 6. The number of nitrogens with one attached hydrogen (secondary N) is 1. The van der Waals surface area contributed by atoms with Crippen LogP contribution in [0.1, 0.15) is 19.7 Å². The molecule has 0 radical (unpaired) electrons. The number of rotatable bonds is 4. The lowest BCUT2D eigenvalue weighted by atomic mass is 10.3. The van der Waals surface area contributed by atoms with Crippen molar-refractivity contribution in [1.82, 2.24) is 20.2 Å². The highest BCUT2D eigenvalue weighted by atomic mass is 19.4. The van der Waals surface area contributed by atoms with Crippen molar-refractivity contribution in [1.29, 1.82) is 0 Å². The monoisotopic (exact) mass is 519 g/mol. The van der Waals surface area contributed by atoms with Gasteiger partial charge in [0.15, 0.2) is 0 Å². The van der Waals surface area contributed by atoms with Crippen molar-refractivity contribution < 1.29 is 50.2 Å². The number of hydrogen-bond acceptors (Lipinski definition) is 8. The Hall–Kier alpha value is -4.50. The molecule has 0 fully saturated rings. The van der Waals surface area contributed by atoms with Crippen LogP contribution in [0, 0.1) is 0 Å². The summed E-state index contributed by atoms with van der Waals surface area (Å²) in [7, 11) is 0. The Morgan fingerprint density at radius 3 is 1.69 bits per heavy atom. The molecule has 3 aromatic rings. The third-order valence-electron chi connectivity index (χ3n) is 3.70. The van der Waals surface area contributed by atoms with Crippen LogP contribution in [0.4, 0.5) is 32.0 Å². The van der Waals surface area contributed by atoms with Gasteiger partial charge in [0.1, 0.15) is 11.5 Å². The van der Waals surface area contributed by atoms with Crippen molar-refractivity contribution in [3.05, 3.63) is 54.4 Å². The molecule has 0 saturated carbocycles. The van der Waals surface area contributed by atoms with E-state index >= 15 is 0 Å². The number of benzene rings is 2. The Morgan fingerprint density at radius 2 is 1.28 bits per heavy atom. The van der Waals surface area contributed by atoms with Gasteiger partial charge in [-0.25, -0.2) is 0 Å². The molecule has 1 heterocycles. The van der Waals surface area contributed by atoms with Crippen LogP contribution < -0.4 is 14.8 Å². The minimum Gasteiger partial charge on any atom is -0.427 e. The lowest BCUT2D eigenvalue weighted by molar-refractivity contribution is -0.167. The van der Waals surface area contributed by atoms with Gasteiger partial charge in [0.25, 0.3) is 5.82 Å². The first kappa shape index (κ1) is 27.7. The largest absolute Gasteiger partial charge is 0.471 e. The fourth-order valence-electron chi connectivity index (χ4n) is 2.33. The van der Waals surface area contributed by atoms with Crippen LogP contribution >= 0.6 is 0 Å². The third kappa shape index (κ3) is 8.37. The first-order valence-electron chi connectivity index (χ1n) is 9.48. The SMILES string of the molecule is CC(=O)Oc1ccc(-n2nnnc2C(F)(F)F)cc1.CC(=O)Oc1ccc(NC(=O)C(F)(F)F)cc1. The Labute approximate surface area is 197 Å². The van der Waals surface area contributed by atoms with Crippen LogP contribution in [-0.2, 0) is 20.6 Å². The molecule has 192 valence electrons. The fraction of sp³-hybridized carbons (Fsp3) is 0.200. The van der Waals surface area contributed by atoms with Crippen LogP contribution in [0.5, 0.6) is 11.5 Å². The lowest BCUT2D eigenvalue weighted by Crippen LogP contribution is -2.29. The molecule has 36 heavy (non-hydrogen) atoms. The van der Waals surface area contributed by atoms with E-state index in [1.54, 1.807) is 5.32 Å². The summed E-state index contributed by atoms with van der Waals surface area (Å²) in [5.74, 6) is -3.95. The number of carbonyl (C=O) groups excluding carboxylic acids is 3. The lowest BCUT2D eigenvalue weighted by Gasteiger charge is -2.08. The maximum atomic E-state index is 12.6. The average Bonchev–Trinajstić information content (AvgIpc) is 3.25. The molecular formula is C20H15F6N5O5. The number of nitrogens with zero attached hydrogens (tertiary/aromatic N) is 4.